The molecule has 1 atom stereocenters. The zero-order valence-corrected chi connectivity index (χ0v) is 16.4. The van der Waals surface area contributed by atoms with Crippen molar-refractivity contribution in [3.63, 3.8) is 0 Å². The molecular weight excluding hydrogens is 415 g/mol. The number of amides is 3. The number of halogens is 1. The molecule has 0 unspecified atom stereocenters. The molecule has 2 aliphatic heterocycles. The number of rotatable bonds is 3. The topological polar surface area (TPSA) is 129 Å². The molecule has 0 saturated heterocycles. The number of nitrogens with one attached hydrogen (secondary N) is 2. The molecule has 0 spiro atoms. The van der Waals surface area contributed by atoms with Crippen molar-refractivity contribution in [1.29, 1.82) is 5.26 Å². The van der Waals surface area contributed by atoms with Gasteiger partial charge in [0.15, 0.2) is 0 Å². The van der Waals surface area contributed by atoms with Crippen LogP contribution >= 0.6 is 0 Å². The Labute approximate surface area is 171 Å². The van der Waals surface area contributed by atoms with Crippen LogP contribution in [0.15, 0.2) is 35.2 Å². The van der Waals surface area contributed by atoms with Gasteiger partial charge in [-0.3, -0.25) is 4.79 Å². The van der Waals surface area contributed by atoms with Gasteiger partial charge in [0.25, 0.3) is 10.0 Å². The number of nitrogens with zero attached hydrogens (tertiary/aromatic N) is 2. The van der Waals surface area contributed by atoms with Crippen LogP contribution in [-0.2, 0) is 14.8 Å². The molecule has 2 heterocycles. The van der Waals surface area contributed by atoms with E-state index < -0.39 is 40.4 Å². The number of fused-ring (bicyclic) bond motifs is 2. The van der Waals surface area contributed by atoms with Crippen molar-refractivity contribution in [3.05, 3.63) is 52.8 Å². The fraction of sp³-hybridized carbons (Fsp3) is 0.211. The molecule has 9 nitrogen and oxygen atoms in total. The second kappa shape index (κ2) is 7.00. The lowest BCUT2D eigenvalue weighted by Crippen LogP contribution is -2.49. The average Bonchev–Trinajstić information content (AvgIpc) is 3.07. The van der Waals surface area contributed by atoms with E-state index in [1.807, 2.05) is 6.07 Å². The van der Waals surface area contributed by atoms with E-state index in [1.165, 1.54) is 12.1 Å². The van der Waals surface area contributed by atoms with Gasteiger partial charge in [0.1, 0.15) is 29.6 Å². The van der Waals surface area contributed by atoms with E-state index in [2.05, 4.69) is 10.6 Å². The molecule has 2 aromatic carbocycles. The van der Waals surface area contributed by atoms with Crippen LogP contribution < -0.4 is 15.4 Å². The summed E-state index contributed by atoms with van der Waals surface area (Å²) in [5.74, 6) is -1.40. The maximum Gasteiger partial charge on any atom is 0.336 e. The number of nitriles is 1. The number of hydrogen-bond acceptors (Lipinski definition) is 6. The Morgan fingerprint density at radius 1 is 1.43 bits per heavy atom. The normalized spacial score (nSPS) is 18.5. The van der Waals surface area contributed by atoms with Gasteiger partial charge in [0, 0.05) is 0 Å². The van der Waals surface area contributed by atoms with Crippen molar-refractivity contribution >= 4 is 27.6 Å². The largest absolute Gasteiger partial charge is 0.491 e. The smallest absolute Gasteiger partial charge is 0.336 e. The van der Waals surface area contributed by atoms with Gasteiger partial charge >= 0.3 is 6.03 Å². The van der Waals surface area contributed by atoms with E-state index >= 15 is 0 Å². The Hall–Kier alpha value is -3.65. The van der Waals surface area contributed by atoms with E-state index in [1.54, 1.807) is 19.1 Å². The molecule has 0 radical (unpaired) electrons. The summed E-state index contributed by atoms with van der Waals surface area (Å²) < 4.78 is 45.9. The van der Waals surface area contributed by atoms with Crippen molar-refractivity contribution in [2.75, 3.05) is 18.5 Å². The number of benzene rings is 2. The molecule has 0 aromatic heterocycles. The van der Waals surface area contributed by atoms with Crippen LogP contribution in [0.1, 0.15) is 22.7 Å². The van der Waals surface area contributed by atoms with Crippen molar-refractivity contribution < 1.29 is 27.1 Å². The first-order valence-electron chi connectivity index (χ1n) is 8.81. The monoisotopic (exact) mass is 430 g/mol. The lowest BCUT2D eigenvalue weighted by molar-refractivity contribution is -0.121. The number of anilines is 1. The van der Waals surface area contributed by atoms with Gasteiger partial charge in [0.05, 0.1) is 28.9 Å². The fourth-order valence-electron chi connectivity index (χ4n) is 3.50. The van der Waals surface area contributed by atoms with Crippen LogP contribution in [0.5, 0.6) is 5.75 Å². The van der Waals surface area contributed by atoms with Gasteiger partial charge in [-0.1, -0.05) is 12.1 Å². The molecule has 11 heteroatoms. The molecule has 0 fully saturated rings. The van der Waals surface area contributed by atoms with Gasteiger partial charge in [-0.2, -0.15) is 5.26 Å². The maximum atomic E-state index is 14.3. The first kappa shape index (κ1) is 19.7. The van der Waals surface area contributed by atoms with Crippen molar-refractivity contribution in [2.45, 2.75) is 17.9 Å². The zero-order valence-electron chi connectivity index (χ0n) is 15.6. The standard InChI is InChI=1S/C19H15FN4O5S/c1-10-3-2-4-13-18(10)30(27,28)24(19(26)23-13)8-16(25)22-14-9-29-15-6-11(7-21)5-12(20)17(14)15/h2-6,14H,8-9H2,1H3,(H,22,25)(H,23,26)/t14-/m0/s1. The molecule has 2 aromatic rings. The first-order chi connectivity index (χ1) is 14.2. The average molecular weight is 430 g/mol. The molecule has 2 N–H and O–H groups in total. The Kier molecular flexibility index (Phi) is 4.58. The number of aryl methyl sites for hydroxylation is 1. The summed E-state index contributed by atoms with van der Waals surface area (Å²) in [5, 5.41) is 13.8. The lowest BCUT2D eigenvalue weighted by atomic mass is 10.1. The number of urea groups is 1. The summed E-state index contributed by atoms with van der Waals surface area (Å²) in [6, 6.07) is 6.99. The van der Waals surface area contributed by atoms with Crippen LogP contribution in [0.4, 0.5) is 14.9 Å². The SMILES string of the molecule is Cc1cccc2c1S(=O)(=O)N(CC(=O)N[C@H]1COc3cc(C#N)cc(F)c31)C(=O)N2. The molecule has 0 aliphatic carbocycles. The predicted octanol–water partition coefficient (Wildman–Crippen LogP) is 1.79. The zero-order chi connectivity index (χ0) is 21.6. The summed E-state index contributed by atoms with van der Waals surface area (Å²) in [6.45, 7) is 0.705. The number of sulfonamides is 1. The summed E-state index contributed by atoms with van der Waals surface area (Å²) in [4.78, 5) is 24.8. The quantitative estimate of drug-likeness (QED) is 0.764. The Bertz CT molecular complexity index is 1240. The molecule has 3 amide bonds. The van der Waals surface area contributed by atoms with Crippen LogP contribution in [0.2, 0.25) is 0 Å². The third-order valence-corrected chi connectivity index (χ3v) is 6.76. The third kappa shape index (κ3) is 3.11. The van der Waals surface area contributed by atoms with E-state index in [-0.39, 0.29) is 34.1 Å². The number of carbonyl (C=O) groups is 2. The van der Waals surface area contributed by atoms with Gasteiger partial charge in [0.2, 0.25) is 5.91 Å². The molecular formula is C19H15FN4O5S. The first-order valence-corrected chi connectivity index (χ1v) is 10.3. The van der Waals surface area contributed by atoms with Gasteiger partial charge in [-0.25, -0.2) is 21.9 Å². The number of carbonyl (C=O) groups excluding carboxylic acids is 2. The Balaban J connectivity index is 1.56. The molecule has 30 heavy (non-hydrogen) atoms. The third-order valence-electron chi connectivity index (χ3n) is 4.83. The second-order valence-corrected chi connectivity index (χ2v) is 8.61. The van der Waals surface area contributed by atoms with E-state index in [4.69, 9.17) is 10.00 Å². The van der Waals surface area contributed by atoms with E-state index in [0.717, 1.165) is 6.07 Å². The summed E-state index contributed by atoms with van der Waals surface area (Å²) >= 11 is 0. The molecule has 4 rings (SSSR count). The highest BCUT2D eigenvalue weighted by atomic mass is 32.2. The maximum absolute atomic E-state index is 14.3. The highest BCUT2D eigenvalue weighted by molar-refractivity contribution is 7.90. The predicted molar refractivity (Wildman–Crippen MR) is 102 cm³/mol. The fourth-order valence-corrected chi connectivity index (χ4v) is 5.15. The number of ether oxygens (including phenoxy) is 1. The minimum atomic E-state index is -4.25. The van der Waals surface area contributed by atoms with Crippen molar-refractivity contribution in [2.24, 2.45) is 0 Å². The van der Waals surface area contributed by atoms with Crippen LogP contribution in [-0.4, -0.2) is 37.8 Å². The minimum Gasteiger partial charge on any atom is -0.491 e. The van der Waals surface area contributed by atoms with Gasteiger partial charge < -0.3 is 15.4 Å². The number of hydrogen-bond donors (Lipinski definition) is 2. The molecule has 0 saturated carbocycles. The van der Waals surface area contributed by atoms with Crippen molar-refractivity contribution in [1.82, 2.24) is 9.62 Å². The minimum absolute atomic E-state index is 0.0643. The highest BCUT2D eigenvalue weighted by Gasteiger charge is 2.39. The molecule has 0 bridgehead atoms. The second-order valence-electron chi connectivity index (χ2n) is 6.81. The summed E-state index contributed by atoms with van der Waals surface area (Å²) in [5.41, 5.74) is 0.703. The summed E-state index contributed by atoms with van der Waals surface area (Å²) in [7, 11) is -4.25. The molecule has 2 aliphatic rings. The van der Waals surface area contributed by atoms with E-state index in [9.17, 15) is 22.4 Å². The van der Waals surface area contributed by atoms with Gasteiger partial charge in [-0.15, -0.1) is 0 Å². The van der Waals surface area contributed by atoms with E-state index in [0.29, 0.717) is 9.87 Å². The Morgan fingerprint density at radius 3 is 2.93 bits per heavy atom. The van der Waals surface area contributed by atoms with Crippen molar-refractivity contribution in [3.8, 4) is 11.8 Å². The Morgan fingerprint density at radius 2 is 2.20 bits per heavy atom. The lowest BCUT2D eigenvalue weighted by Gasteiger charge is -2.29. The van der Waals surface area contributed by atoms with Crippen LogP contribution in [0.25, 0.3) is 0 Å². The van der Waals surface area contributed by atoms with Gasteiger partial charge in [-0.05, 0) is 30.7 Å². The van der Waals surface area contributed by atoms with Crippen LogP contribution in [0, 0.1) is 24.1 Å². The highest BCUT2D eigenvalue weighted by Crippen LogP contribution is 2.36. The van der Waals surface area contributed by atoms with Crippen LogP contribution in [0.3, 0.4) is 0 Å². The summed E-state index contributed by atoms with van der Waals surface area (Å²) in [6.07, 6.45) is 0. The molecule has 154 valence electrons.